The third kappa shape index (κ3) is 2.79. The van der Waals surface area contributed by atoms with E-state index in [1.54, 1.807) is 6.92 Å². The second-order valence-electron chi connectivity index (χ2n) is 6.30. The Morgan fingerprint density at radius 2 is 2.21 bits per heavy atom. The van der Waals surface area contributed by atoms with E-state index in [9.17, 15) is 4.79 Å². The summed E-state index contributed by atoms with van der Waals surface area (Å²) in [6.07, 6.45) is 3.30. The minimum Gasteiger partial charge on any atom is -0.425 e. The first-order valence-corrected chi connectivity index (χ1v) is 8.37. The van der Waals surface area contributed by atoms with E-state index in [1.165, 1.54) is 5.39 Å². The van der Waals surface area contributed by atoms with Gasteiger partial charge in [0.2, 0.25) is 17.7 Å². The van der Waals surface area contributed by atoms with Gasteiger partial charge in [0, 0.05) is 24.7 Å². The van der Waals surface area contributed by atoms with Crippen molar-refractivity contribution in [3.05, 3.63) is 47.8 Å². The van der Waals surface area contributed by atoms with Crippen LogP contribution in [0.5, 0.6) is 0 Å². The van der Waals surface area contributed by atoms with Gasteiger partial charge in [0.1, 0.15) is 6.42 Å². The topological polar surface area (TPSA) is 75.0 Å². The van der Waals surface area contributed by atoms with Crippen molar-refractivity contribution < 1.29 is 9.21 Å². The zero-order valence-electron chi connectivity index (χ0n) is 13.7. The molecule has 1 amide bonds. The number of aromatic nitrogens is 3. The molecule has 6 heteroatoms. The van der Waals surface area contributed by atoms with Crippen LogP contribution in [0.3, 0.4) is 0 Å². The molecule has 1 aliphatic rings. The highest BCUT2D eigenvalue weighted by Crippen LogP contribution is 2.32. The summed E-state index contributed by atoms with van der Waals surface area (Å²) in [5, 5.41) is 8.92. The van der Waals surface area contributed by atoms with Crippen molar-refractivity contribution in [3.8, 4) is 0 Å². The number of hydrogen-bond donors (Lipinski definition) is 1. The molecule has 1 aromatic carbocycles. The second kappa shape index (κ2) is 6.11. The summed E-state index contributed by atoms with van der Waals surface area (Å²) in [6.45, 7) is 2.50. The Hall–Kier alpha value is -2.63. The van der Waals surface area contributed by atoms with Crippen molar-refractivity contribution in [1.82, 2.24) is 20.1 Å². The molecule has 1 N–H and O–H groups in total. The highest BCUT2D eigenvalue weighted by molar-refractivity contribution is 5.81. The standard InChI is InChI=1S/C18H20N4O2/c1-12-20-21-17(24-12)11-18(23)22-9-5-4-8-16(22)15-10-13-6-2-3-7-14(13)19-15/h2-3,6-7,10,16,19H,4-5,8-9,11H2,1H3. The maximum Gasteiger partial charge on any atom is 0.232 e. The lowest BCUT2D eigenvalue weighted by atomic mass is 9.98. The quantitative estimate of drug-likeness (QED) is 0.803. The maximum atomic E-state index is 12.8. The number of para-hydroxylation sites is 1. The van der Waals surface area contributed by atoms with Crippen LogP contribution in [-0.2, 0) is 11.2 Å². The zero-order chi connectivity index (χ0) is 16.5. The molecule has 0 spiro atoms. The van der Waals surface area contributed by atoms with Gasteiger partial charge in [-0.05, 0) is 36.8 Å². The van der Waals surface area contributed by atoms with E-state index < -0.39 is 0 Å². The van der Waals surface area contributed by atoms with Gasteiger partial charge in [-0.1, -0.05) is 18.2 Å². The SMILES string of the molecule is Cc1nnc(CC(=O)N2CCCCC2c2cc3ccccc3[nH]2)o1. The van der Waals surface area contributed by atoms with Crippen LogP contribution in [0.2, 0.25) is 0 Å². The van der Waals surface area contributed by atoms with Crippen LogP contribution in [0.25, 0.3) is 10.9 Å². The largest absolute Gasteiger partial charge is 0.425 e. The number of amides is 1. The number of H-pyrrole nitrogens is 1. The molecule has 0 aliphatic carbocycles. The number of nitrogens with one attached hydrogen (secondary N) is 1. The molecule has 24 heavy (non-hydrogen) atoms. The number of carbonyl (C=O) groups excluding carboxylic acids is 1. The summed E-state index contributed by atoms with van der Waals surface area (Å²) in [5.41, 5.74) is 2.21. The van der Waals surface area contributed by atoms with E-state index in [0.29, 0.717) is 11.8 Å². The van der Waals surface area contributed by atoms with Gasteiger partial charge in [0.25, 0.3) is 0 Å². The summed E-state index contributed by atoms with van der Waals surface area (Å²) in [5.74, 6) is 0.920. The van der Waals surface area contributed by atoms with Crippen molar-refractivity contribution in [2.75, 3.05) is 6.54 Å². The van der Waals surface area contributed by atoms with Gasteiger partial charge in [-0.25, -0.2) is 0 Å². The van der Waals surface area contributed by atoms with E-state index in [4.69, 9.17) is 4.42 Å². The molecule has 1 aliphatic heterocycles. The molecule has 2 aromatic heterocycles. The number of aryl methyl sites for hydroxylation is 1. The van der Waals surface area contributed by atoms with Crippen LogP contribution >= 0.6 is 0 Å². The zero-order valence-corrected chi connectivity index (χ0v) is 13.7. The first-order valence-electron chi connectivity index (χ1n) is 8.37. The normalized spacial score (nSPS) is 18.2. The molecule has 0 radical (unpaired) electrons. The average molecular weight is 324 g/mol. The minimum atomic E-state index is 0.0435. The molecular formula is C18H20N4O2. The summed E-state index contributed by atoms with van der Waals surface area (Å²) in [7, 11) is 0. The van der Waals surface area contributed by atoms with Crippen LogP contribution in [0.15, 0.2) is 34.7 Å². The molecular weight excluding hydrogens is 304 g/mol. The van der Waals surface area contributed by atoms with Gasteiger partial charge < -0.3 is 14.3 Å². The first kappa shape index (κ1) is 14.9. The Bertz CT molecular complexity index is 834. The lowest BCUT2D eigenvalue weighted by molar-refractivity contribution is -0.134. The van der Waals surface area contributed by atoms with Crippen molar-refractivity contribution in [3.63, 3.8) is 0 Å². The van der Waals surface area contributed by atoms with Crippen LogP contribution in [-0.4, -0.2) is 32.5 Å². The highest BCUT2D eigenvalue weighted by atomic mass is 16.4. The monoisotopic (exact) mass is 324 g/mol. The number of piperidine rings is 1. The van der Waals surface area contributed by atoms with Crippen LogP contribution < -0.4 is 0 Å². The third-order valence-electron chi connectivity index (χ3n) is 4.60. The van der Waals surface area contributed by atoms with Crippen LogP contribution in [0.1, 0.15) is 42.8 Å². The molecule has 124 valence electrons. The van der Waals surface area contributed by atoms with Gasteiger partial charge in [-0.2, -0.15) is 0 Å². The Morgan fingerprint density at radius 1 is 1.33 bits per heavy atom. The van der Waals surface area contributed by atoms with Gasteiger partial charge in [-0.15, -0.1) is 10.2 Å². The molecule has 4 rings (SSSR count). The molecule has 3 heterocycles. The van der Waals surface area contributed by atoms with Crippen molar-refractivity contribution in [1.29, 1.82) is 0 Å². The fraction of sp³-hybridized carbons (Fsp3) is 0.389. The second-order valence-corrected chi connectivity index (χ2v) is 6.30. The van der Waals surface area contributed by atoms with Crippen LogP contribution in [0, 0.1) is 6.92 Å². The molecule has 6 nitrogen and oxygen atoms in total. The number of benzene rings is 1. The van der Waals surface area contributed by atoms with E-state index in [0.717, 1.165) is 37.0 Å². The van der Waals surface area contributed by atoms with E-state index in [-0.39, 0.29) is 18.4 Å². The Kier molecular flexibility index (Phi) is 3.80. The number of nitrogens with zero attached hydrogens (tertiary/aromatic N) is 3. The number of aromatic amines is 1. The number of fused-ring (bicyclic) bond motifs is 1. The van der Waals surface area contributed by atoms with Crippen LogP contribution in [0.4, 0.5) is 0 Å². The van der Waals surface area contributed by atoms with Gasteiger partial charge >= 0.3 is 0 Å². The Morgan fingerprint density at radius 3 is 3.00 bits per heavy atom. The first-order chi connectivity index (χ1) is 11.7. The third-order valence-corrected chi connectivity index (χ3v) is 4.60. The summed E-state index contributed by atoms with van der Waals surface area (Å²) in [6, 6.07) is 10.4. The molecule has 1 fully saturated rings. The van der Waals surface area contributed by atoms with Crippen molar-refractivity contribution in [2.45, 2.75) is 38.6 Å². The summed E-state index contributed by atoms with van der Waals surface area (Å²) >= 11 is 0. The number of rotatable bonds is 3. The minimum absolute atomic E-state index is 0.0435. The predicted octanol–water partition coefficient (Wildman–Crippen LogP) is 3.16. The average Bonchev–Trinajstić information content (AvgIpc) is 3.20. The van der Waals surface area contributed by atoms with E-state index >= 15 is 0 Å². The van der Waals surface area contributed by atoms with Gasteiger partial charge in [0.15, 0.2) is 0 Å². The molecule has 1 unspecified atom stereocenters. The summed E-state index contributed by atoms with van der Waals surface area (Å²) < 4.78 is 5.36. The number of hydrogen-bond acceptors (Lipinski definition) is 4. The molecule has 3 aromatic rings. The van der Waals surface area contributed by atoms with Gasteiger partial charge in [-0.3, -0.25) is 4.79 Å². The van der Waals surface area contributed by atoms with Crippen molar-refractivity contribution >= 4 is 16.8 Å². The van der Waals surface area contributed by atoms with Crippen molar-refractivity contribution in [2.24, 2.45) is 0 Å². The van der Waals surface area contributed by atoms with E-state index in [2.05, 4.69) is 33.4 Å². The molecule has 1 saturated heterocycles. The van der Waals surface area contributed by atoms with Gasteiger partial charge in [0.05, 0.1) is 6.04 Å². The maximum absolute atomic E-state index is 12.8. The highest BCUT2D eigenvalue weighted by Gasteiger charge is 2.29. The molecule has 0 bridgehead atoms. The Balaban J connectivity index is 1.59. The number of carbonyl (C=O) groups is 1. The fourth-order valence-electron chi connectivity index (χ4n) is 3.47. The van der Waals surface area contributed by atoms with E-state index in [1.807, 2.05) is 17.0 Å². The molecule has 0 saturated carbocycles. The fourth-order valence-corrected chi connectivity index (χ4v) is 3.47. The smallest absolute Gasteiger partial charge is 0.232 e. The lowest BCUT2D eigenvalue weighted by Gasteiger charge is -2.35. The Labute approximate surface area is 139 Å². The predicted molar refractivity (Wildman–Crippen MR) is 89.3 cm³/mol. The lowest BCUT2D eigenvalue weighted by Crippen LogP contribution is -2.39. The molecule has 1 atom stereocenters. The summed E-state index contributed by atoms with van der Waals surface area (Å²) in [4.78, 5) is 18.2. The number of likely N-dealkylation sites (tertiary alicyclic amines) is 1.